The molecule has 0 aliphatic carbocycles. The highest BCUT2D eigenvalue weighted by Crippen LogP contribution is 2.32. The summed E-state index contributed by atoms with van der Waals surface area (Å²) in [6.45, 7) is 6.97. The standard InChI is InChI=1S/C15H33P.C12H4F6/c1-4-7-9-10-13-16-14-12-15(6-3)11-8-5-2;13-6-4-2-1-3-5(6)7-8(14)10(16)12(18)11(17)9(7)15/h15-16H,4-14H2,1-3H3;1-4H. The number of rotatable bonds is 13. The first-order chi connectivity index (χ1) is 16.3. The molecular formula is C27H37F6P. The Labute approximate surface area is 202 Å². The molecule has 0 bridgehead atoms. The number of hydrogen-bond donors (Lipinski definition) is 0. The Balaban J connectivity index is 0.000000344. The topological polar surface area (TPSA) is 0 Å². The molecule has 0 amide bonds. The molecule has 0 nitrogen and oxygen atoms in total. The zero-order valence-electron chi connectivity index (χ0n) is 20.4. The van der Waals surface area contributed by atoms with E-state index in [1.54, 1.807) is 0 Å². The Kier molecular flexibility index (Phi) is 15.2. The predicted octanol–water partition coefficient (Wildman–Crippen LogP) is 10.0. The van der Waals surface area contributed by atoms with Gasteiger partial charge < -0.3 is 0 Å². The SMILES string of the molecule is CCCCCCPCCC(CC)CCCC.Fc1ccccc1-c1c(F)c(F)c(F)c(F)c1F. The first-order valence-corrected chi connectivity index (χ1v) is 13.7. The molecule has 0 spiro atoms. The van der Waals surface area contributed by atoms with Gasteiger partial charge in [-0.15, -0.1) is 8.58 Å². The third-order valence-corrected chi connectivity index (χ3v) is 7.18. The lowest BCUT2D eigenvalue weighted by atomic mass is 9.97. The number of halogens is 6. The van der Waals surface area contributed by atoms with Crippen molar-refractivity contribution in [1.82, 2.24) is 0 Å². The molecule has 0 radical (unpaired) electrons. The van der Waals surface area contributed by atoms with Crippen molar-refractivity contribution >= 4 is 8.58 Å². The van der Waals surface area contributed by atoms with Crippen LogP contribution >= 0.6 is 8.58 Å². The average molecular weight is 507 g/mol. The van der Waals surface area contributed by atoms with Crippen LogP contribution in [-0.2, 0) is 0 Å². The van der Waals surface area contributed by atoms with Crippen LogP contribution in [0.15, 0.2) is 24.3 Å². The fourth-order valence-electron chi connectivity index (χ4n) is 3.66. The Morgan fingerprint density at radius 2 is 1.24 bits per heavy atom. The summed E-state index contributed by atoms with van der Waals surface area (Å²) in [5.74, 6) is -10.7. The molecule has 2 atom stereocenters. The first-order valence-electron chi connectivity index (χ1n) is 12.3. The second kappa shape index (κ2) is 17.0. The molecule has 0 aliphatic rings. The molecule has 0 fully saturated rings. The lowest BCUT2D eigenvalue weighted by Crippen LogP contribution is -2.04. The average Bonchev–Trinajstić information content (AvgIpc) is 2.84. The molecule has 0 saturated heterocycles. The highest BCUT2D eigenvalue weighted by molar-refractivity contribution is 7.37. The summed E-state index contributed by atoms with van der Waals surface area (Å²) in [6, 6.07) is 4.22. The van der Waals surface area contributed by atoms with Gasteiger partial charge in [0.2, 0.25) is 5.82 Å². The van der Waals surface area contributed by atoms with E-state index >= 15 is 0 Å². The number of benzene rings is 2. The van der Waals surface area contributed by atoms with E-state index in [1.165, 1.54) is 90.8 Å². The van der Waals surface area contributed by atoms with Gasteiger partial charge in [0, 0.05) is 5.56 Å². The van der Waals surface area contributed by atoms with Crippen LogP contribution in [0.25, 0.3) is 11.1 Å². The molecule has 2 unspecified atom stereocenters. The van der Waals surface area contributed by atoms with E-state index in [1.807, 2.05) is 0 Å². The van der Waals surface area contributed by atoms with Gasteiger partial charge in [-0.2, -0.15) is 0 Å². The summed E-state index contributed by atoms with van der Waals surface area (Å²) in [5, 5.41) is 0. The largest absolute Gasteiger partial charge is 0.206 e. The zero-order valence-corrected chi connectivity index (χ0v) is 21.4. The van der Waals surface area contributed by atoms with Gasteiger partial charge in [-0.1, -0.05) is 83.9 Å². The van der Waals surface area contributed by atoms with Crippen molar-refractivity contribution < 1.29 is 26.3 Å². The fraction of sp³-hybridized carbons (Fsp3) is 0.556. The van der Waals surface area contributed by atoms with Crippen LogP contribution in [0.3, 0.4) is 0 Å². The van der Waals surface area contributed by atoms with E-state index in [2.05, 4.69) is 20.8 Å². The van der Waals surface area contributed by atoms with Crippen LogP contribution in [0.1, 0.15) is 78.6 Å². The third kappa shape index (κ3) is 9.60. The summed E-state index contributed by atoms with van der Waals surface area (Å²) >= 11 is 0. The minimum Gasteiger partial charge on any atom is -0.206 e. The third-order valence-electron chi connectivity index (χ3n) is 5.83. The normalized spacial score (nSPS) is 12.1. The summed E-state index contributed by atoms with van der Waals surface area (Å²) in [5.41, 5.74) is -1.96. The molecule has 7 heteroatoms. The second-order valence-electron chi connectivity index (χ2n) is 8.44. The minimum absolute atomic E-state index is 0.690. The smallest absolute Gasteiger partial charge is 0.200 e. The maximum Gasteiger partial charge on any atom is 0.200 e. The lowest BCUT2D eigenvalue weighted by molar-refractivity contribution is 0.381. The lowest BCUT2D eigenvalue weighted by Gasteiger charge is -2.13. The quantitative estimate of drug-likeness (QED) is 0.0834. The van der Waals surface area contributed by atoms with Crippen LogP contribution in [-0.4, -0.2) is 12.3 Å². The van der Waals surface area contributed by atoms with Gasteiger partial charge in [-0.3, -0.25) is 0 Å². The monoisotopic (exact) mass is 506 g/mol. The van der Waals surface area contributed by atoms with E-state index in [0.29, 0.717) is 0 Å². The first kappa shape index (κ1) is 30.5. The van der Waals surface area contributed by atoms with Gasteiger partial charge in [0.15, 0.2) is 23.3 Å². The Bertz CT molecular complexity index is 826. The van der Waals surface area contributed by atoms with Crippen molar-refractivity contribution in [3.05, 3.63) is 59.2 Å². The van der Waals surface area contributed by atoms with Gasteiger partial charge >= 0.3 is 0 Å². The maximum atomic E-state index is 13.4. The number of hydrogen-bond acceptors (Lipinski definition) is 0. The van der Waals surface area contributed by atoms with Crippen LogP contribution in [0.4, 0.5) is 26.3 Å². The van der Waals surface area contributed by atoms with Crippen LogP contribution in [0.2, 0.25) is 0 Å². The van der Waals surface area contributed by atoms with Crippen molar-refractivity contribution in [2.45, 2.75) is 78.6 Å². The molecule has 2 aromatic rings. The van der Waals surface area contributed by atoms with Crippen molar-refractivity contribution in [3.8, 4) is 11.1 Å². The summed E-state index contributed by atoms with van der Waals surface area (Å²) in [4.78, 5) is 0. The molecule has 0 heterocycles. The zero-order chi connectivity index (χ0) is 25.5. The van der Waals surface area contributed by atoms with E-state index < -0.39 is 46.0 Å². The van der Waals surface area contributed by atoms with Gasteiger partial charge in [-0.05, 0) is 37.1 Å². The van der Waals surface area contributed by atoms with E-state index in [4.69, 9.17) is 0 Å². The van der Waals surface area contributed by atoms with Crippen molar-refractivity contribution in [3.63, 3.8) is 0 Å². The molecule has 0 N–H and O–H groups in total. The van der Waals surface area contributed by atoms with E-state index in [9.17, 15) is 26.3 Å². The Morgan fingerprint density at radius 3 is 1.79 bits per heavy atom. The second-order valence-corrected chi connectivity index (χ2v) is 9.94. The molecule has 2 rings (SSSR count). The van der Waals surface area contributed by atoms with Crippen LogP contribution < -0.4 is 0 Å². The van der Waals surface area contributed by atoms with Crippen LogP contribution in [0, 0.1) is 40.8 Å². The molecule has 192 valence electrons. The Hall–Kier alpha value is -1.55. The molecule has 0 aliphatic heterocycles. The summed E-state index contributed by atoms with van der Waals surface area (Å²) < 4.78 is 78.8. The fourth-order valence-corrected chi connectivity index (χ4v) is 5.02. The van der Waals surface area contributed by atoms with E-state index in [0.717, 1.165) is 18.1 Å². The van der Waals surface area contributed by atoms with Gasteiger partial charge in [0.05, 0.1) is 5.56 Å². The Morgan fingerprint density at radius 1 is 0.647 bits per heavy atom. The van der Waals surface area contributed by atoms with Crippen molar-refractivity contribution in [2.75, 3.05) is 12.3 Å². The molecular weight excluding hydrogens is 469 g/mol. The summed E-state index contributed by atoms with van der Waals surface area (Å²) in [6.07, 6.45) is 16.0. The van der Waals surface area contributed by atoms with Crippen LogP contribution in [0.5, 0.6) is 0 Å². The highest BCUT2D eigenvalue weighted by Gasteiger charge is 2.27. The van der Waals surface area contributed by atoms with Gasteiger partial charge in [-0.25, -0.2) is 26.3 Å². The molecule has 0 aromatic heterocycles. The van der Waals surface area contributed by atoms with Gasteiger partial charge in [0.1, 0.15) is 5.82 Å². The van der Waals surface area contributed by atoms with Crippen molar-refractivity contribution in [2.24, 2.45) is 5.92 Å². The molecule has 34 heavy (non-hydrogen) atoms. The minimum atomic E-state index is -2.27. The maximum absolute atomic E-state index is 13.4. The van der Waals surface area contributed by atoms with Crippen molar-refractivity contribution in [1.29, 1.82) is 0 Å². The molecule has 2 aromatic carbocycles. The van der Waals surface area contributed by atoms with E-state index in [-0.39, 0.29) is 0 Å². The van der Waals surface area contributed by atoms with Gasteiger partial charge in [0.25, 0.3) is 0 Å². The highest BCUT2D eigenvalue weighted by atomic mass is 31.1. The number of unbranched alkanes of at least 4 members (excludes halogenated alkanes) is 4. The molecule has 0 saturated carbocycles. The predicted molar refractivity (Wildman–Crippen MR) is 132 cm³/mol. The summed E-state index contributed by atoms with van der Waals surface area (Å²) in [7, 11) is 1.24.